The number of rotatable bonds is 5. The molecule has 1 atom stereocenters. The number of hydrogen-bond acceptors (Lipinski definition) is 3. The van der Waals surface area contributed by atoms with Crippen molar-refractivity contribution in [2.24, 2.45) is 0 Å². The Hall–Kier alpha value is -2.40. The van der Waals surface area contributed by atoms with Crippen LogP contribution in [0.3, 0.4) is 0 Å². The first-order chi connectivity index (χ1) is 9.99. The third-order valence-corrected chi connectivity index (χ3v) is 3.38. The van der Waals surface area contributed by atoms with E-state index in [4.69, 9.17) is 11.6 Å². The van der Waals surface area contributed by atoms with Gasteiger partial charge in [0.05, 0.1) is 10.8 Å². The van der Waals surface area contributed by atoms with Gasteiger partial charge in [0, 0.05) is 16.7 Å². The highest BCUT2D eigenvalue weighted by Crippen LogP contribution is 2.31. The summed E-state index contributed by atoms with van der Waals surface area (Å²) in [4.78, 5) is 22.0. The molecule has 0 saturated carbocycles. The minimum Gasteiger partial charge on any atom is -0.481 e. The summed E-state index contributed by atoms with van der Waals surface area (Å²) in [5.74, 6) is -2.10. The zero-order valence-corrected chi connectivity index (χ0v) is 11.7. The highest BCUT2D eigenvalue weighted by Gasteiger charge is 2.28. The summed E-state index contributed by atoms with van der Waals surface area (Å²) in [6, 6.07) is 13.0. The minimum absolute atomic E-state index is 0.153. The smallest absolute Gasteiger partial charge is 0.311 e. The van der Waals surface area contributed by atoms with E-state index < -0.39 is 16.8 Å². The van der Waals surface area contributed by atoms with E-state index >= 15 is 0 Å². The lowest BCUT2D eigenvalue weighted by molar-refractivity contribution is -0.385. The molecule has 0 saturated heterocycles. The van der Waals surface area contributed by atoms with Crippen molar-refractivity contribution >= 4 is 23.3 Å². The van der Waals surface area contributed by atoms with Crippen molar-refractivity contribution in [3.05, 3.63) is 74.8 Å². The molecule has 0 aliphatic heterocycles. The minimum atomic E-state index is -1.11. The second-order valence-electron chi connectivity index (χ2n) is 4.54. The van der Waals surface area contributed by atoms with E-state index in [9.17, 15) is 20.0 Å². The number of nitrogens with zero attached hydrogens (tertiary/aromatic N) is 1. The molecule has 6 heteroatoms. The van der Waals surface area contributed by atoms with Gasteiger partial charge < -0.3 is 5.11 Å². The number of aliphatic carboxylic acids is 1. The SMILES string of the molecule is O=C(O)C(Cc1ccccc1)c1ccc(Cl)cc1[N+](=O)[O-]. The molecular formula is C15H12ClNO4. The quantitative estimate of drug-likeness (QED) is 0.675. The first kappa shape index (κ1) is 15.0. The van der Waals surface area contributed by atoms with Crippen molar-refractivity contribution in [2.45, 2.75) is 12.3 Å². The first-order valence-electron chi connectivity index (χ1n) is 6.19. The molecule has 0 fully saturated rings. The van der Waals surface area contributed by atoms with Gasteiger partial charge in [-0.25, -0.2) is 0 Å². The van der Waals surface area contributed by atoms with Gasteiger partial charge in [-0.3, -0.25) is 14.9 Å². The lowest BCUT2D eigenvalue weighted by Gasteiger charge is -2.13. The molecule has 2 aromatic rings. The van der Waals surface area contributed by atoms with Crippen LogP contribution in [0.4, 0.5) is 5.69 Å². The summed E-state index contributed by atoms with van der Waals surface area (Å²) in [7, 11) is 0. The molecule has 0 bridgehead atoms. The largest absolute Gasteiger partial charge is 0.481 e. The zero-order chi connectivity index (χ0) is 15.4. The number of carboxylic acids is 1. The van der Waals surface area contributed by atoms with Crippen molar-refractivity contribution in [1.29, 1.82) is 0 Å². The molecule has 0 spiro atoms. The van der Waals surface area contributed by atoms with E-state index in [-0.39, 0.29) is 22.7 Å². The van der Waals surface area contributed by atoms with E-state index in [1.807, 2.05) is 6.07 Å². The van der Waals surface area contributed by atoms with Crippen LogP contribution in [-0.4, -0.2) is 16.0 Å². The average molecular weight is 306 g/mol. The Bertz CT molecular complexity index is 673. The molecule has 0 aliphatic rings. The summed E-state index contributed by atoms with van der Waals surface area (Å²) in [5.41, 5.74) is 0.681. The maximum atomic E-state index is 11.5. The van der Waals surface area contributed by atoms with Gasteiger partial charge in [-0.2, -0.15) is 0 Å². The summed E-state index contributed by atoms with van der Waals surface area (Å²) >= 11 is 5.75. The van der Waals surface area contributed by atoms with E-state index in [1.165, 1.54) is 18.2 Å². The molecule has 2 aromatic carbocycles. The van der Waals surface area contributed by atoms with E-state index in [0.717, 1.165) is 5.56 Å². The van der Waals surface area contributed by atoms with Crippen LogP contribution in [0.5, 0.6) is 0 Å². The van der Waals surface area contributed by atoms with Crippen LogP contribution in [0.25, 0.3) is 0 Å². The lowest BCUT2D eigenvalue weighted by atomic mass is 9.91. The summed E-state index contributed by atoms with van der Waals surface area (Å²) < 4.78 is 0. The predicted octanol–water partition coefficient (Wildman–Crippen LogP) is 3.66. The number of nitro benzene ring substituents is 1. The monoisotopic (exact) mass is 305 g/mol. The lowest BCUT2D eigenvalue weighted by Crippen LogP contribution is -2.16. The van der Waals surface area contributed by atoms with Crippen LogP contribution in [0.15, 0.2) is 48.5 Å². The maximum absolute atomic E-state index is 11.5. The third kappa shape index (κ3) is 3.58. The number of halogens is 1. The van der Waals surface area contributed by atoms with Gasteiger partial charge in [0.25, 0.3) is 5.69 Å². The highest BCUT2D eigenvalue weighted by atomic mass is 35.5. The van der Waals surface area contributed by atoms with Gasteiger partial charge in [-0.1, -0.05) is 41.9 Å². The van der Waals surface area contributed by atoms with Crippen molar-refractivity contribution in [3.63, 3.8) is 0 Å². The van der Waals surface area contributed by atoms with Gasteiger partial charge >= 0.3 is 5.97 Å². The van der Waals surface area contributed by atoms with Crippen LogP contribution in [0.1, 0.15) is 17.0 Å². The van der Waals surface area contributed by atoms with Gasteiger partial charge in [0.2, 0.25) is 0 Å². The number of nitro groups is 1. The highest BCUT2D eigenvalue weighted by molar-refractivity contribution is 6.30. The fourth-order valence-electron chi connectivity index (χ4n) is 2.15. The molecule has 21 heavy (non-hydrogen) atoms. The second-order valence-corrected chi connectivity index (χ2v) is 4.98. The Labute approximate surface area is 125 Å². The van der Waals surface area contributed by atoms with Gasteiger partial charge in [0.15, 0.2) is 0 Å². The molecule has 0 aromatic heterocycles. The Morgan fingerprint density at radius 3 is 2.48 bits per heavy atom. The fourth-order valence-corrected chi connectivity index (χ4v) is 2.32. The summed E-state index contributed by atoms with van der Waals surface area (Å²) in [6.45, 7) is 0. The zero-order valence-electron chi connectivity index (χ0n) is 10.9. The number of carbonyl (C=O) groups is 1. The molecule has 0 amide bonds. The number of hydrogen-bond donors (Lipinski definition) is 1. The Kier molecular flexibility index (Phi) is 4.55. The third-order valence-electron chi connectivity index (χ3n) is 3.15. The molecule has 0 radical (unpaired) electrons. The molecule has 0 heterocycles. The molecule has 1 unspecified atom stereocenters. The van der Waals surface area contributed by atoms with E-state index in [0.29, 0.717) is 0 Å². The van der Waals surface area contributed by atoms with Crippen LogP contribution >= 0.6 is 11.6 Å². The van der Waals surface area contributed by atoms with E-state index in [2.05, 4.69) is 0 Å². The van der Waals surface area contributed by atoms with Crippen LogP contribution in [-0.2, 0) is 11.2 Å². The van der Waals surface area contributed by atoms with Gasteiger partial charge in [-0.05, 0) is 24.1 Å². The molecular weight excluding hydrogens is 294 g/mol. The Morgan fingerprint density at radius 2 is 1.90 bits per heavy atom. The maximum Gasteiger partial charge on any atom is 0.311 e. The molecule has 0 aliphatic carbocycles. The fraction of sp³-hybridized carbons (Fsp3) is 0.133. The van der Waals surface area contributed by atoms with Crippen LogP contribution < -0.4 is 0 Å². The Balaban J connectivity index is 2.44. The molecule has 5 nitrogen and oxygen atoms in total. The van der Waals surface area contributed by atoms with Gasteiger partial charge in [-0.15, -0.1) is 0 Å². The van der Waals surface area contributed by atoms with Gasteiger partial charge in [0.1, 0.15) is 0 Å². The van der Waals surface area contributed by atoms with Crippen molar-refractivity contribution in [1.82, 2.24) is 0 Å². The topological polar surface area (TPSA) is 80.4 Å². The Morgan fingerprint density at radius 1 is 1.24 bits per heavy atom. The van der Waals surface area contributed by atoms with Crippen LogP contribution in [0.2, 0.25) is 5.02 Å². The molecule has 2 rings (SSSR count). The first-order valence-corrected chi connectivity index (χ1v) is 6.57. The van der Waals surface area contributed by atoms with Crippen molar-refractivity contribution < 1.29 is 14.8 Å². The summed E-state index contributed by atoms with van der Waals surface area (Å²) in [5, 5.41) is 20.7. The molecule has 108 valence electrons. The van der Waals surface area contributed by atoms with E-state index in [1.54, 1.807) is 24.3 Å². The predicted molar refractivity (Wildman–Crippen MR) is 78.6 cm³/mol. The standard InChI is InChI=1S/C15H12ClNO4/c16-11-6-7-12(14(9-11)17(20)21)13(15(18)19)8-10-4-2-1-3-5-10/h1-7,9,13H,8H2,(H,18,19). The normalized spacial score (nSPS) is 11.9. The van der Waals surface area contributed by atoms with Crippen molar-refractivity contribution in [3.8, 4) is 0 Å². The molecule has 1 N–H and O–H groups in total. The number of benzene rings is 2. The summed E-state index contributed by atoms with van der Waals surface area (Å²) in [6.07, 6.45) is 0.179. The second kappa shape index (κ2) is 6.37. The van der Waals surface area contributed by atoms with Crippen LogP contribution in [0, 0.1) is 10.1 Å². The number of carboxylic acid groups (broad SMARTS) is 1. The average Bonchev–Trinajstić information content (AvgIpc) is 2.46. The van der Waals surface area contributed by atoms with Crippen molar-refractivity contribution in [2.75, 3.05) is 0 Å².